The van der Waals surface area contributed by atoms with E-state index in [1.54, 1.807) is 0 Å². The second-order valence-electron chi connectivity index (χ2n) is 7.02. The molecule has 6 atom stereocenters. The second-order valence-corrected chi connectivity index (χ2v) is 7.02. The lowest BCUT2D eigenvalue weighted by Gasteiger charge is -2.41. The Labute approximate surface area is 135 Å². The molecule has 120 valence electrons. The van der Waals surface area contributed by atoms with Crippen molar-refractivity contribution in [3.05, 3.63) is 48.0 Å². The van der Waals surface area contributed by atoms with Crippen LogP contribution in [0.4, 0.5) is 0 Å². The smallest absolute Gasteiger partial charge is 0.307 e. The zero-order valence-electron chi connectivity index (χ0n) is 12.9. The Morgan fingerprint density at radius 1 is 1.04 bits per heavy atom. The number of carboxylic acids is 1. The SMILES string of the molecule is O=C(NCCc1ccccc1)[C@@H]1[C@H]2C=C[C@H]([C@H]3C[C@H]23)[C@@H]1C(=O)O. The fraction of sp³-hybridized carbons (Fsp3) is 0.474. The van der Waals surface area contributed by atoms with Crippen LogP contribution in [-0.2, 0) is 16.0 Å². The maximum absolute atomic E-state index is 12.6. The molecule has 1 aromatic carbocycles. The molecule has 0 aliphatic heterocycles. The first-order valence-electron chi connectivity index (χ1n) is 8.39. The fourth-order valence-electron chi connectivity index (χ4n) is 4.66. The minimum absolute atomic E-state index is 0.0485. The maximum atomic E-state index is 12.6. The average Bonchev–Trinajstić information content (AvgIpc) is 3.37. The van der Waals surface area contributed by atoms with Crippen LogP contribution in [0.2, 0.25) is 0 Å². The van der Waals surface area contributed by atoms with Crippen molar-refractivity contribution in [3.8, 4) is 0 Å². The summed E-state index contributed by atoms with van der Waals surface area (Å²) in [4.78, 5) is 24.4. The number of carbonyl (C=O) groups excluding carboxylic acids is 1. The predicted molar refractivity (Wildman–Crippen MR) is 85.5 cm³/mol. The van der Waals surface area contributed by atoms with Crippen molar-refractivity contribution in [1.82, 2.24) is 5.32 Å². The quantitative estimate of drug-likeness (QED) is 0.819. The van der Waals surface area contributed by atoms with Crippen molar-refractivity contribution in [2.75, 3.05) is 6.54 Å². The normalized spacial score (nSPS) is 36.3. The molecule has 1 amide bonds. The summed E-state index contributed by atoms with van der Waals surface area (Å²) in [6.07, 6.45) is 6.00. The number of fused-ring (bicyclic) bond motifs is 1. The highest BCUT2D eigenvalue weighted by Gasteiger charge is 2.62. The van der Waals surface area contributed by atoms with Crippen LogP contribution in [0.15, 0.2) is 42.5 Å². The van der Waals surface area contributed by atoms with Crippen molar-refractivity contribution in [1.29, 1.82) is 0 Å². The second kappa shape index (κ2) is 5.52. The number of carbonyl (C=O) groups is 2. The summed E-state index contributed by atoms with van der Waals surface area (Å²) < 4.78 is 0. The van der Waals surface area contributed by atoms with Crippen molar-refractivity contribution in [3.63, 3.8) is 0 Å². The van der Waals surface area contributed by atoms with Crippen molar-refractivity contribution < 1.29 is 14.7 Å². The maximum Gasteiger partial charge on any atom is 0.307 e. The van der Waals surface area contributed by atoms with Gasteiger partial charge in [-0.05, 0) is 42.1 Å². The first kappa shape index (κ1) is 14.5. The van der Waals surface area contributed by atoms with Crippen LogP contribution >= 0.6 is 0 Å². The molecule has 0 radical (unpaired) electrons. The average molecular weight is 311 g/mol. The predicted octanol–water partition coefficient (Wildman–Crippen LogP) is 2.11. The lowest BCUT2D eigenvalue weighted by atomic mass is 9.62. The molecule has 4 aliphatic rings. The molecule has 4 heteroatoms. The lowest BCUT2D eigenvalue weighted by molar-refractivity contribution is -0.153. The van der Waals surface area contributed by atoms with Crippen LogP contribution in [-0.4, -0.2) is 23.5 Å². The molecule has 4 aliphatic carbocycles. The van der Waals surface area contributed by atoms with Crippen molar-refractivity contribution in [2.45, 2.75) is 12.8 Å². The van der Waals surface area contributed by atoms with Gasteiger partial charge in [-0.1, -0.05) is 42.5 Å². The van der Waals surface area contributed by atoms with Crippen LogP contribution in [0, 0.1) is 35.5 Å². The summed E-state index contributed by atoms with van der Waals surface area (Å²) in [7, 11) is 0. The molecule has 0 heterocycles. The lowest BCUT2D eigenvalue weighted by Crippen LogP contribution is -2.50. The Kier molecular flexibility index (Phi) is 3.47. The number of hydrogen-bond acceptors (Lipinski definition) is 2. The summed E-state index contributed by atoms with van der Waals surface area (Å²) >= 11 is 0. The third-order valence-corrected chi connectivity index (χ3v) is 5.80. The zero-order chi connectivity index (χ0) is 16.0. The van der Waals surface area contributed by atoms with Gasteiger partial charge in [-0.3, -0.25) is 9.59 Å². The van der Waals surface area contributed by atoms with Crippen LogP contribution in [0.5, 0.6) is 0 Å². The third-order valence-electron chi connectivity index (χ3n) is 5.80. The van der Waals surface area contributed by atoms with E-state index >= 15 is 0 Å². The van der Waals surface area contributed by atoms with E-state index in [4.69, 9.17) is 0 Å². The van der Waals surface area contributed by atoms with Gasteiger partial charge >= 0.3 is 5.97 Å². The molecule has 0 spiro atoms. The Hall–Kier alpha value is -2.10. The molecule has 23 heavy (non-hydrogen) atoms. The molecular formula is C19H21NO3. The third kappa shape index (κ3) is 2.46. The Balaban J connectivity index is 1.43. The molecule has 2 bridgehead atoms. The first-order chi connectivity index (χ1) is 11.2. The molecule has 4 nitrogen and oxygen atoms in total. The largest absolute Gasteiger partial charge is 0.481 e. The van der Waals surface area contributed by atoms with E-state index in [1.807, 2.05) is 36.4 Å². The summed E-state index contributed by atoms with van der Waals surface area (Å²) in [5.74, 6) is -0.663. The number of nitrogens with one attached hydrogen (secondary N) is 1. The van der Waals surface area contributed by atoms with E-state index in [1.165, 1.54) is 5.56 Å². The zero-order valence-corrected chi connectivity index (χ0v) is 12.9. The van der Waals surface area contributed by atoms with Gasteiger partial charge in [-0.25, -0.2) is 0 Å². The topological polar surface area (TPSA) is 66.4 Å². The van der Waals surface area contributed by atoms with Gasteiger partial charge in [0.1, 0.15) is 0 Å². The molecule has 0 unspecified atom stereocenters. The summed E-state index contributed by atoms with van der Waals surface area (Å²) in [5, 5.41) is 12.6. The standard InChI is InChI=1S/C19H21NO3/c21-18(20-9-8-11-4-2-1-3-5-11)16-12-6-7-13(15-10-14(12)15)17(16)19(22)23/h1-7,12-17H,8-10H2,(H,20,21)(H,22,23)/t12-,13+,14+,15+,16+,17-/m0/s1. The van der Waals surface area contributed by atoms with Crippen molar-refractivity contribution >= 4 is 11.9 Å². The number of carboxylic acid groups (broad SMARTS) is 1. The molecule has 2 N–H and O–H groups in total. The van der Waals surface area contributed by atoms with Gasteiger partial charge in [0.15, 0.2) is 0 Å². The monoisotopic (exact) mass is 311 g/mol. The molecule has 0 saturated heterocycles. The van der Waals surface area contributed by atoms with Gasteiger partial charge in [-0.2, -0.15) is 0 Å². The molecule has 1 aromatic rings. The number of amides is 1. The van der Waals surface area contributed by atoms with Crippen LogP contribution in [0.1, 0.15) is 12.0 Å². The van der Waals surface area contributed by atoms with E-state index in [2.05, 4.69) is 11.4 Å². The Bertz CT molecular complexity index is 654. The van der Waals surface area contributed by atoms with Gasteiger partial charge in [0.25, 0.3) is 0 Å². The molecule has 2 fully saturated rings. The number of benzene rings is 1. The Morgan fingerprint density at radius 2 is 1.70 bits per heavy atom. The van der Waals surface area contributed by atoms with E-state index in [-0.39, 0.29) is 17.7 Å². The van der Waals surface area contributed by atoms with Crippen LogP contribution < -0.4 is 5.32 Å². The van der Waals surface area contributed by atoms with E-state index in [0.717, 1.165) is 12.8 Å². The summed E-state index contributed by atoms with van der Waals surface area (Å²) in [5.41, 5.74) is 1.18. The molecule has 2 saturated carbocycles. The van der Waals surface area contributed by atoms with E-state index < -0.39 is 17.8 Å². The van der Waals surface area contributed by atoms with Crippen LogP contribution in [0.25, 0.3) is 0 Å². The van der Waals surface area contributed by atoms with E-state index in [0.29, 0.717) is 18.4 Å². The van der Waals surface area contributed by atoms with Gasteiger partial charge in [0.05, 0.1) is 11.8 Å². The molecule has 0 aromatic heterocycles. The minimum Gasteiger partial charge on any atom is -0.481 e. The van der Waals surface area contributed by atoms with Gasteiger partial charge in [0.2, 0.25) is 5.91 Å². The number of hydrogen-bond donors (Lipinski definition) is 2. The molecule has 5 rings (SSSR count). The highest BCUT2D eigenvalue weighted by Crippen LogP contribution is 2.63. The first-order valence-corrected chi connectivity index (χ1v) is 8.39. The summed E-state index contributed by atoms with van der Waals surface area (Å²) in [6, 6.07) is 10.0. The van der Waals surface area contributed by atoms with Gasteiger partial charge < -0.3 is 10.4 Å². The fourth-order valence-corrected chi connectivity index (χ4v) is 4.66. The van der Waals surface area contributed by atoms with Crippen LogP contribution in [0.3, 0.4) is 0 Å². The van der Waals surface area contributed by atoms with E-state index in [9.17, 15) is 14.7 Å². The number of aliphatic carboxylic acids is 1. The highest BCUT2D eigenvalue weighted by atomic mass is 16.4. The number of allylic oxidation sites excluding steroid dienone is 2. The van der Waals surface area contributed by atoms with Crippen molar-refractivity contribution in [2.24, 2.45) is 35.5 Å². The van der Waals surface area contributed by atoms with Gasteiger partial charge in [-0.15, -0.1) is 0 Å². The number of rotatable bonds is 5. The molecular weight excluding hydrogens is 290 g/mol. The van der Waals surface area contributed by atoms with Gasteiger partial charge in [0, 0.05) is 6.54 Å². The minimum atomic E-state index is -0.821. The summed E-state index contributed by atoms with van der Waals surface area (Å²) in [6.45, 7) is 0.556. The highest BCUT2D eigenvalue weighted by molar-refractivity contribution is 5.86. The Morgan fingerprint density at radius 3 is 2.35 bits per heavy atom.